The van der Waals surface area contributed by atoms with Gasteiger partial charge in [0.25, 0.3) is 0 Å². The topological polar surface area (TPSA) is 43.1 Å². The third kappa shape index (κ3) is 3.94. The van der Waals surface area contributed by atoms with E-state index in [2.05, 4.69) is 13.8 Å². The summed E-state index contributed by atoms with van der Waals surface area (Å²) in [6.45, 7) is 8.41. The first-order valence-electron chi connectivity index (χ1n) is 6.11. The van der Waals surface area contributed by atoms with Gasteiger partial charge in [-0.3, -0.25) is 4.79 Å². The molecule has 0 amide bonds. The molecule has 1 rings (SSSR count). The van der Waals surface area contributed by atoms with Gasteiger partial charge in [0, 0.05) is 17.9 Å². The lowest BCUT2D eigenvalue weighted by Crippen LogP contribution is -2.38. The van der Waals surface area contributed by atoms with Crippen molar-refractivity contribution in [1.29, 1.82) is 0 Å². The zero-order chi connectivity index (χ0) is 11.6. The summed E-state index contributed by atoms with van der Waals surface area (Å²) in [6.07, 6.45) is 3.86. The van der Waals surface area contributed by atoms with Gasteiger partial charge < -0.3 is 5.73 Å². The normalized spacial score (nSPS) is 32.7. The lowest BCUT2D eigenvalue weighted by molar-refractivity contribution is -0.125. The molecular formula is C13H25NO. The van der Waals surface area contributed by atoms with Gasteiger partial charge in [0.15, 0.2) is 0 Å². The van der Waals surface area contributed by atoms with Crippen molar-refractivity contribution in [2.75, 3.05) is 0 Å². The van der Waals surface area contributed by atoms with Crippen LogP contribution < -0.4 is 5.73 Å². The van der Waals surface area contributed by atoms with Crippen LogP contribution in [0.1, 0.15) is 53.4 Å². The van der Waals surface area contributed by atoms with Crippen molar-refractivity contribution in [3.05, 3.63) is 0 Å². The minimum atomic E-state index is -0.344. The lowest BCUT2D eigenvalue weighted by Gasteiger charge is -2.32. The fraction of sp³-hybridized carbons (Fsp3) is 0.923. The maximum Gasteiger partial charge on any atom is 0.137 e. The van der Waals surface area contributed by atoms with E-state index in [1.165, 1.54) is 6.42 Å². The van der Waals surface area contributed by atoms with Gasteiger partial charge in [-0.15, -0.1) is 0 Å². The van der Waals surface area contributed by atoms with Crippen LogP contribution in [0.25, 0.3) is 0 Å². The molecule has 15 heavy (non-hydrogen) atoms. The van der Waals surface area contributed by atoms with E-state index in [-0.39, 0.29) is 11.5 Å². The second-order valence-corrected chi connectivity index (χ2v) is 6.10. The minimum absolute atomic E-state index is 0.277. The smallest absolute Gasteiger partial charge is 0.137 e. The molecule has 0 bridgehead atoms. The molecule has 1 fully saturated rings. The first-order chi connectivity index (χ1) is 6.79. The number of nitrogens with two attached hydrogens (primary N) is 1. The molecular weight excluding hydrogens is 186 g/mol. The monoisotopic (exact) mass is 211 g/mol. The van der Waals surface area contributed by atoms with Crippen molar-refractivity contribution in [3.63, 3.8) is 0 Å². The van der Waals surface area contributed by atoms with Crippen LogP contribution in [0.2, 0.25) is 0 Å². The Kier molecular flexibility index (Phi) is 3.93. The molecule has 2 N–H and O–H groups in total. The Labute approximate surface area is 93.6 Å². The highest BCUT2D eigenvalue weighted by molar-refractivity contribution is 5.82. The highest BCUT2D eigenvalue weighted by atomic mass is 16.1. The van der Waals surface area contributed by atoms with Crippen molar-refractivity contribution < 1.29 is 4.79 Å². The Morgan fingerprint density at radius 3 is 2.33 bits per heavy atom. The molecule has 1 aliphatic carbocycles. The first-order valence-corrected chi connectivity index (χ1v) is 6.11. The van der Waals surface area contributed by atoms with Crippen LogP contribution in [0.3, 0.4) is 0 Å². The molecule has 88 valence electrons. The Hall–Kier alpha value is -0.370. The summed E-state index contributed by atoms with van der Waals surface area (Å²) in [5.74, 6) is 2.12. The molecule has 2 heteroatoms. The number of ketones is 1. The molecule has 3 unspecified atom stereocenters. The van der Waals surface area contributed by atoms with Crippen LogP contribution >= 0.6 is 0 Å². The zero-order valence-corrected chi connectivity index (χ0v) is 10.5. The summed E-state index contributed by atoms with van der Waals surface area (Å²) in [7, 11) is 0. The molecule has 0 aliphatic heterocycles. The molecule has 0 radical (unpaired) electrons. The number of hydrogen-bond donors (Lipinski definition) is 1. The van der Waals surface area contributed by atoms with Gasteiger partial charge in [-0.2, -0.15) is 0 Å². The predicted octanol–water partition coefficient (Wildman–Crippen LogP) is 2.76. The van der Waals surface area contributed by atoms with Crippen molar-refractivity contribution in [3.8, 4) is 0 Å². The molecule has 0 heterocycles. The molecule has 1 aliphatic rings. The maximum atomic E-state index is 12.0. The van der Waals surface area contributed by atoms with E-state index < -0.39 is 0 Å². The van der Waals surface area contributed by atoms with E-state index in [4.69, 9.17) is 5.73 Å². The standard InChI is InChI=1S/C13H25NO/c1-9-5-6-11(7-10(9)2)12(15)8-13(3,4)14/h9-11H,5-8,14H2,1-4H3. The number of Topliss-reactive ketones (excluding diaryl/α,β-unsaturated/α-hetero) is 1. The summed E-state index contributed by atoms with van der Waals surface area (Å²) in [4.78, 5) is 12.0. The van der Waals surface area contributed by atoms with E-state index in [9.17, 15) is 4.79 Å². The average molecular weight is 211 g/mol. The number of hydrogen-bond acceptors (Lipinski definition) is 2. The molecule has 0 saturated heterocycles. The van der Waals surface area contributed by atoms with Crippen molar-refractivity contribution in [2.45, 2.75) is 58.9 Å². The van der Waals surface area contributed by atoms with E-state index in [1.807, 2.05) is 13.8 Å². The number of carbonyl (C=O) groups is 1. The van der Waals surface area contributed by atoms with E-state index >= 15 is 0 Å². The van der Waals surface area contributed by atoms with Crippen LogP contribution in [0, 0.1) is 17.8 Å². The summed E-state index contributed by atoms with van der Waals surface area (Å²) in [5.41, 5.74) is 5.54. The molecule has 2 nitrogen and oxygen atoms in total. The molecule has 3 atom stereocenters. The SMILES string of the molecule is CC1CCC(C(=O)CC(C)(C)N)CC1C. The van der Waals surface area contributed by atoms with Gasteiger partial charge in [-0.25, -0.2) is 0 Å². The van der Waals surface area contributed by atoms with Gasteiger partial charge in [-0.1, -0.05) is 13.8 Å². The Morgan fingerprint density at radius 1 is 1.27 bits per heavy atom. The van der Waals surface area contributed by atoms with E-state index in [1.54, 1.807) is 0 Å². The Bertz CT molecular complexity index is 229. The van der Waals surface area contributed by atoms with Crippen LogP contribution in [0.5, 0.6) is 0 Å². The zero-order valence-electron chi connectivity index (χ0n) is 10.5. The second-order valence-electron chi connectivity index (χ2n) is 6.10. The minimum Gasteiger partial charge on any atom is -0.325 e. The molecule has 0 aromatic carbocycles. The van der Waals surface area contributed by atoms with Crippen LogP contribution in [0.15, 0.2) is 0 Å². The average Bonchev–Trinajstić information content (AvgIpc) is 2.06. The van der Waals surface area contributed by atoms with Crippen LogP contribution in [0.4, 0.5) is 0 Å². The number of carbonyl (C=O) groups excluding carboxylic acids is 1. The summed E-state index contributed by atoms with van der Waals surface area (Å²) < 4.78 is 0. The maximum absolute atomic E-state index is 12.0. The van der Waals surface area contributed by atoms with E-state index in [0.717, 1.165) is 18.8 Å². The van der Waals surface area contributed by atoms with E-state index in [0.29, 0.717) is 18.1 Å². The largest absolute Gasteiger partial charge is 0.325 e. The third-order valence-corrected chi connectivity index (χ3v) is 3.68. The van der Waals surface area contributed by atoms with Gasteiger partial charge in [0.1, 0.15) is 5.78 Å². The highest BCUT2D eigenvalue weighted by Gasteiger charge is 2.30. The predicted molar refractivity (Wildman–Crippen MR) is 63.6 cm³/mol. The molecule has 0 spiro atoms. The van der Waals surface area contributed by atoms with Crippen molar-refractivity contribution in [1.82, 2.24) is 0 Å². The van der Waals surface area contributed by atoms with Gasteiger partial charge >= 0.3 is 0 Å². The molecule has 0 aromatic rings. The lowest BCUT2D eigenvalue weighted by atomic mass is 9.73. The third-order valence-electron chi connectivity index (χ3n) is 3.68. The van der Waals surface area contributed by atoms with Gasteiger partial charge in [-0.05, 0) is 44.9 Å². The Balaban J connectivity index is 2.48. The summed E-state index contributed by atoms with van der Waals surface area (Å²) in [6, 6.07) is 0. The van der Waals surface area contributed by atoms with Crippen LogP contribution in [-0.2, 0) is 4.79 Å². The van der Waals surface area contributed by atoms with Crippen LogP contribution in [-0.4, -0.2) is 11.3 Å². The summed E-state index contributed by atoms with van der Waals surface area (Å²) >= 11 is 0. The van der Waals surface area contributed by atoms with Crippen molar-refractivity contribution in [2.24, 2.45) is 23.5 Å². The number of rotatable bonds is 3. The second kappa shape index (κ2) is 4.65. The fourth-order valence-electron chi connectivity index (χ4n) is 2.43. The summed E-state index contributed by atoms with van der Waals surface area (Å²) in [5, 5.41) is 0. The van der Waals surface area contributed by atoms with Gasteiger partial charge in [0.2, 0.25) is 0 Å². The molecule has 1 saturated carbocycles. The highest BCUT2D eigenvalue weighted by Crippen LogP contribution is 2.34. The first kappa shape index (κ1) is 12.7. The van der Waals surface area contributed by atoms with Crippen molar-refractivity contribution >= 4 is 5.78 Å². The molecule has 0 aromatic heterocycles. The Morgan fingerprint density at radius 2 is 1.87 bits per heavy atom. The fourth-order valence-corrected chi connectivity index (χ4v) is 2.43. The van der Waals surface area contributed by atoms with Gasteiger partial charge in [0.05, 0.1) is 0 Å². The quantitative estimate of drug-likeness (QED) is 0.780.